The zero-order chi connectivity index (χ0) is 32.9. The van der Waals surface area contributed by atoms with Crippen LogP contribution in [-0.2, 0) is 7.05 Å². The average molecular weight is 622 g/mol. The summed E-state index contributed by atoms with van der Waals surface area (Å²) in [4.78, 5) is 0. The molecule has 4 heteroatoms. The van der Waals surface area contributed by atoms with Gasteiger partial charge in [-0.15, -0.1) is 0 Å². The molecule has 0 spiro atoms. The Bertz CT molecular complexity index is 2070. The van der Waals surface area contributed by atoms with E-state index in [0.717, 1.165) is 62.0 Å². The summed E-state index contributed by atoms with van der Waals surface area (Å²) in [6.07, 6.45) is 2.06. The van der Waals surface area contributed by atoms with Gasteiger partial charge in [-0.2, -0.15) is 5.26 Å². The first kappa shape index (κ1) is 31.5. The Labute approximate surface area is 275 Å². The molecule has 232 valence electrons. The van der Waals surface area contributed by atoms with Crippen LogP contribution in [0.1, 0.15) is 52.7 Å². The Morgan fingerprint density at radius 1 is 0.674 bits per heavy atom. The van der Waals surface area contributed by atoms with Gasteiger partial charge in [-0.05, 0) is 59.2 Å². The molecule has 6 rings (SSSR count). The number of aromatic nitrogens is 1. The summed E-state index contributed by atoms with van der Waals surface area (Å²) in [5, 5.41) is 15.3. The van der Waals surface area contributed by atoms with E-state index in [1.807, 2.05) is 18.2 Å². The molecule has 46 heavy (non-hydrogen) atoms. The number of aryl methyl sites for hydroxylation is 2. The van der Waals surface area contributed by atoms with Crippen molar-refractivity contribution in [1.82, 2.24) is 0 Å². The largest absolute Gasteiger partial charge is 0.454 e. The molecule has 0 aliphatic rings. The van der Waals surface area contributed by atoms with Crippen molar-refractivity contribution >= 4 is 40.4 Å². The number of furan rings is 1. The topological polar surface area (TPSA) is 40.8 Å². The number of rotatable bonds is 6. The molecule has 6 aromatic rings. The molecule has 0 amide bonds. The SMILES string of the molecule is Cc1ccc2c(oc3c(-c4ccc([Si](CC(C)(C)C)(CC(C)(C)C)c5ccccc5)cc4)c(C#N)ccc32)c1-c1cccc[n+]1C. The normalized spacial score (nSPS) is 12.5. The van der Waals surface area contributed by atoms with Gasteiger partial charge in [-0.3, -0.25) is 0 Å². The molecule has 0 saturated heterocycles. The number of nitrogens with zero attached hydrogens (tertiary/aromatic N) is 2. The van der Waals surface area contributed by atoms with Crippen LogP contribution < -0.4 is 14.9 Å². The molecule has 0 bridgehead atoms. The monoisotopic (exact) mass is 621 g/mol. The van der Waals surface area contributed by atoms with Crippen LogP contribution in [0.4, 0.5) is 0 Å². The number of pyridine rings is 1. The van der Waals surface area contributed by atoms with Crippen molar-refractivity contribution in [3.8, 4) is 28.5 Å². The maximum absolute atomic E-state index is 10.3. The number of hydrogen-bond acceptors (Lipinski definition) is 2. The fourth-order valence-corrected chi connectivity index (χ4v) is 14.2. The minimum Gasteiger partial charge on any atom is -0.454 e. The van der Waals surface area contributed by atoms with Gasteiger partial charge in [-0.25, -0.2) is 4.57 Å². The average Bonchev–Trinajstić information content (AvgIpc) is 3.38. The predicted octanol–water partition coefficient (Wildman–Crippen LogP) is 9.58. The van der Waals surface area contributed by atoms with Crippen LogP contribution in [0.25, 0.3) is 44.3 Å². The van der Waals surface area contributed by atoms with Gasteiger partial charge in [-0.1, -0.05) is 119 Å². The molecular weight excluding hydrogens is 577 g/mol. The van der Waals surface area contributed by atoms with E-state index in [1.54, 1.807) is 0 Å². The van der Waals surface area contributed by atoms with Crippen molar-refractivity contribution in [2.24, 2.45) is 17.9 Å². The standard InChI is InChI=1S/C42H45N2OSi/c1-29-17-23-34-35-24-20-31(26-43)38(40(35)45-39(34)37(29)36-16-12-13-25-44(36)8)30-18-21-33(22-19-30)46(27-41(2,3)4,28-42(5,6)7)32-14-10-9-11-15-32/h9-25H,27-28H2,1-8H3/q+1. The Balaban J connectivity index is 1.57. The van der Waals surface area contributed by atoms with E-state index < -0.39 is 8.07 Å². The third kappa shape index (κ3) is 5.81. The Kier molecular flexibility index (Phi) is 8.03. The van der Waals surface area contributed by atoms with E-state index in [1.165, 1.54) is 10.4 Å². The van der Waals surface area contributed by atoms with Gasteiger partial charge < -0.3 is 4.42 Å². The summed E-state index contributed by atoms with van der Waals surface area (Å²) >= 11 is 0. The second kappa shape index (κ2) is 11.7. The molecule has 0 radical (unpaired) electrons. The molecule has 0 fully saturated rings. The van der Waals surface area contributed by atoms with Gasteiger partial charge in [0, 0.05) is 28.5 Å². The molecule has 3 nitrogen and oxygen atoms in total. The van der Waals surface area contributed by atoms with Crippen molar-refractivity contribution in [2.45, 2.75) is 60.6 Å². The fraction of sp³-hybridized carbons (Fsp3) is 0.286. The van der Waals surface area contributed by atoms with E-state index in [-0.39, 0.29) is 10.8 Å². The smallest absolute Gasteiger partial charge is 0.216 e. The lowest BCUT2D eigenvalue weighted by atomic mass is 9.96. The summed E-state index contributed by atoms with van der Waals surface area (Å²) < 4.78 is 8.98. The summed E-state index contributed by atoms with van der Waals surface area (Å²) in [6, 6.07) is 39.7. The van der Waals surface area contributed by atoms with E-state index >= 15 is 0 Å². The number of nitriles is 1. The quantitative estimate of drug-likeness (QED) is 0.137. The summed E-state index contributed by atoms with van der Waals surface area (Å²) in [5.74, 6) is 0. The first-order valence-electron chi connectivity index (χ1n) is 16.3. The maximum atomic E-state index is 10.3. The van der Waals surface area contributed by atoms with Crippen molar-refractivity contribution in [2.75, 3.05) is 0 Å². The Morgan fingerprint density at radius 3 is 1.83 bits per heavy atom. The van der Waals surface area contributed by atoms with Gasteiger partial charge in [0.25, 0.3) is 0 Å². The van der Waals surface area contributed by atoms with Gasteiger partial charge in [0.05, 0.1) is 17.2 Å². The summed E-state index contributed by atoms with van der Waals surface area (Å²) in [5.41, 5.74) is 7.79. The highest BCUT2D eigenvalue weighted by Crippen LogP contribution is 2.42. The second-order valence-corrected chi connectivity index (χ2v) is 19.4. The molecule has 0 saturated carbocycles. The van der Waals surface area contributed by atoms with Gasteiger partial charge >= 0.3 is 0 Å². The number of hydrogen-bond donors (Lipinski definition) is 0. The lowest BCUT2D eigenvalue weighted by Crippen LogP contribution is -2.61. The second-order valence-electron chi connectivity index (χ2n) is 15.4. The third-order valence-electron chi connectivity index (χ3n) is 9.17. The molecule has 0 unspecified atom stereocenters. The molecule has 2 aromatic heterocycles. The van der Waals surface area contributed by atoms with Gasteiger partial charge in [0.15, 0.2) is 6.20 Å². The number of fused-ring (bicyclic) bond motifs is 3. The van der Waals surface area contributed by atoms with Crippen molar-refractivity contribution in [1.29, 1.82) is 5.26 Å². The summed E-state index contributed by atoms with van der Waals surface area (Å²) in [6.45, 7) is 16.4. The molecule has 0 aliphatic carbocycles. The minimum absolute atomic E-state index is 0.172. The molecule has 0 N–H and O–H groups in total. The van der Waals surface area contributed by atoms with Crippen LogP contribution in [0.2, 0.25) is 12.1 Å². The molecule has 4 aromatic carbocycles. The van der Waals surface area contributed by atoms with Crippen molar-refractivity contribution in [3.63, 3.8) is 0 Å². The first-order valence-corrected chi connectivity index (χ1v) is 18.7. The van der Waals surface area contributed by atoms with Crippen molar-refractivity contribution < 1.29 is 8.98 Å². The van der Waals surface area contributed by atoms with Crippen LogP contribution in [-0.4, -0.2) is 8.07 Å². The highest BCUT2D eigenvalue weighted by atomic mass is 28.3. The molecule has 2 heterocycles. The van der Waals surface area contributed by atoms with Crippen molar-refractivity contribution in [3.05, 3.63) is 114 Å². The van der Waals surface area contributed by atoms with Crippen LogP contribution in [0.5, 0.6) is 0 Å². The highest BCUT2D eigenvalue weighted by Gasteiger charge is 2.43. The lowest BCUT2D eigenvalue weighted by Gasteiger charge is -2.42. The molecular formula is C42H45N2OSi+. The van der Waals surface area contributed by atoms with Crippen LogP contribution in [0.15, 0.2) is 108 Å². The highest BCUT2D eigenvalue weighted by molar-refractivity contribution is 7.02. The van der Waals surface area contributed by atoms with Crippen LogP contribution >= 0.6 is 0 Å². The predicted molar refractivity (Wildman–Crippen MR) is 195 cm³/mol. The minimum atomic E-state index is -2.19. The van der Waals surface area contributed by atoms with E-state index in [2.05, 4.69) is 151 Å². The zero-order valence-electron chi connectivity index (χ0n) is 28.5. The fourth-order valence-electron chi connectivity index (χ4n) is 7.64. The van der Waals surface area contributed by atoms with Gasteiger partial charge in [0.2, 0.25) is 5.69 Å². The van der Waals surface area contributed by atoms with E-state index in [0.29, 0.717) is 5.56 Å². The van der Waals surface area contributed by atoms with Crippen LogP contribution in [0.3, 0.4) is 0 Å². The Hall–Kier alpha value is -4.46. The molecule has 0 atom stereocenters. The zero-order valence-corrected chi connectivity index (χ0v) is 29.5. The maximum Gasteiger partial charge on any atom is 0.216 e. The number of benzene rings is 4. The van der Waals surface area contributed by atoms with Crippen LogP contribution in [0, 0.1) is 29.1 Å². The first-order chi connectivity index (χ1) is 21.8. The third-order valence-corrected chi connectivity index (χ3v) is 15.4. The van der Waals surface area contributed by atoms with E-state index in [4.69, 9.17) is 4.42 Å². The lowest BCUT2D eigenvalue weighted by molar-refractivity contribution is -0.660. The summed E-state index contributed by atoms with van der Waals surface area (Å²) in [7, 11) is -0.127. The molecule has 0 aliphatic heterocycles. The van der Waals surface area contributed by atoms with Gasteiger partial charge in [0.1, 0.15) is 26.3 Å². The Morgan fingerprint density at radius 2 is 1.24 bits per heavy atom. The van der Waals surface area contributed by atoms with E-state index in [9.17, 15) is 5.26 Å².